The zero-order chi connectivity index (χ0) is 29.8. The molecule has 0 aliphatic heterocycles. The molecule has 6 nitrogen and oxygen atoms in total. The van der Waals surface area contributed by atoms with E-state index in [1.54, 1.807) is 12.4 Å². The van der Waals surface area contributed by atoms with Crippen LogP contribution in [0.2, 0.25) is 0 Å². The molecule has 0 atom stereocenters. The molecule has 3 heterocycles. The standard InChI is InChI=1S/C38H20N6/c39-21-24-9-11-35-31(17-24)28-5-1-3-7-33(28)43(35)37-19-27(23-41)30(26-13-15-42-16-14-26)20-38(37)44-34-8-4-2-6-29(34)32-18-25(22-40)10-12-36(32)44/h1-20H. The van der Waals surface area contributed by atoms with E-state index in [0.717, 1.165) is 66.1 Å². The third kappa shape index (κ3) is 3.61. The third-order valence-corrected chi connectivity index (χ3v) is 8.31. The summed E-state index contributed by atoms with van der Waals surface area (Å²) >= 11 is 0. The topological polar surface area (TPSA) is 94.1 Å². The van der Waals surface area contributed by atoms with E-state index in [0.29, 0.717) is 16.7 Å². The van der Waals surface area contributed by atoms with Crippen molar-refractivity contribution in [3.8, 4) is 40.7 Å². The largest absolute Gasteiger partial charge is 0.307 e. The van der Waals surface area contributed by atoms with E-state index >= 15 is 0 Å². The van der Waals surface area contributed by atoms with Gasteiger partial charge in [0.2, 0.25) is 0 Å². The SMILES string of the molecule is N#Cc1ccc2c(c1)c1ccccc1n2-c1cc(C#N)c(-c2ccncc2)cc1-n1c2ccccc2c2cc(C#N)ccc21. The maximum atomic E-state index is 10.5. The highest BCUT2D eigenvalue weighted by Crippen LogP contribution is 2.41. The fourth-order valence-corrected chi connectivity index (χ4v) is 6.40. The average molecular weight is 561 g/mol. The van der Waals surface area contributed by atoms with Crippen LogP contribution in [0, 0.1) is 34.0 Å². The first kappa shape index (κ1) is 25.1. The van der Waals surface area contributed by atoms with Crippen LogP contribution >= 0.6 is 0 Å². The summed E-state index contributed by atoms with van der Waals surface area (Å²) in [5.74, 6) is 0. The van der Waals surface area contributed by atoms with Gasteiger partial charge >= 0.3 is 0 Å². The molecule has 8 rings (SSSR count). The molecule has 0 aliphatic carbocycles. The zero-order valence-corrected chi connectivity index (χ0v) is 23.2. The molecule has 0 aliphatic rings. The molecule has 202 valence electrons. The van der Waals surface area contributed by atoms with Gasteiger partial charge in [0, 0.05) is 39.5 Å². The summed E-state index contributed by atoms with van der Waals surface area (Å²) in [4.78, 5) is 4.20. The predicted octanol–water partition coefficient (Wildman–Crippen LogP) is 8.56. The van der Waals surface area contributed by atoms with Gasteiger partial charge in [-0.05, 0) is 78.4 Å². The summed E-state index contributed by atoms with van der Waals surface area (Å²) in [5, 5.41) is 33.8. The molecule has 0 radical (unpaired) electrons. The second-order valence-corrected chi connectivity index (χ2v) is 10.6. The number of aromatic nitrogens is 3. The van der Waals surface area contributed by atoms with Crippen LogP contribution in [-0.4, -0.2) is 14.1 Å². The van der Waals surface area contributed by atoms with Crippen LogP contribution in [0.4, 0.5) is 0 Å². The molecule has 0 fully saturated rings. The van der Waals surface area contributed by atoms with Crippen LogP contribution in [0.25, 0.3) is 66.1 Å². The lowest BCUT2D eigenvalue weighted by Gasteiger charge is -2.19. The fourth-order valence-electron chi connectivity index (χ4n) is 6.40. The van der Waals surface area contributed by atoms with Gasteiger partial charge in [0.05, 0.1) is 68.3 Å². The third-order valence-electron chi connectivity index (χ3n) is 8.31. The van der Waals surface area contributed by atoms with Crippen LogP contribution in [0.5, 0.6) is 0 Å². The van der Waals surface area contributed by atoms with E-state index in [1.165, 1.54) is 0 Å². The van der Waals surface area contributed by atoms with Gasteiger partial charge in [-0.15, -0.1) is 0 Å². The molecule has 0 spiro atoms. The molecule has 6 heteroatoms. The second kappa shape index (κ2) is 9.71. The minimum Gasteiger partial charge on any atom is -0.307 e. The number of nitrogens with zero attached hydrogens (tertiary/aromatic N) is 6. The molecule has 8 aromatic rings. The first-order chi connectivity index (χ1) is 21.7. The Labute approximate surface area is 252 Å². The quantitative estimate of drug-likeness (QED) is 0.216. The lowest BCUT2D eigenvalue weighted by Crippen LogP contribution is -2.05. The molecule has 0 saturated heterocycles. The average Bonchev–Trinajstić information content (AvgIpc) is 3.60. The van der Waals surface area contributed by atoms with Crippen LogP contribution in [0.1, 0.15) is 16.7 Å². The van der Waals surface area contributed by atoms with Gasteiger partial charge in [0.15, 0.2) is 0 Å². The van der Waals surface area contributed by atoms with Crippen LogP contribution in [0.3, 0.4) is 0 Å². The van der Waals surface area contributed by atoms with Crippen LogP contribution < -0.4 is 0 Å². The number of benzene rings is 5. The van der Waals surface area contributed by atoms with Crippen molar-refractivity contribution in [1.82, 2.24) is 14.1 Å². The molecule has 0 saturated carbocycles. The molecular formula is C38H20N6. The highest BCUT2D eigenvalue weighted by Gasteiger charge is 2.22. The number of hydrogen-bond acceptors (Lipinski definition) is 4. The summed E-state index contributed by atoms with van der Waals surface area (Å²) in [6.07, 6.45) is 3.46. The first-order valence-electron chi connectivity index (χ1n) is 14.1. The van der Waals surface area contributed by atoms with E-state index in [2.05, 4.69) is 62.7 Å². The van der Waals surface area contributed by atoms with Crippen molar-refractivity contribution in [1.29, 1.82) is 15.8 Å². The van der Waals surface area contributed by atoms with Crippen molar-refractivity contribution in [3.05, 3.63) is 138 Å². The minimum atomic E-state index is 0.530. The Kier molecular flexibility index (Phi) is 5.53. The maximum absolute atomic E-state index is 10.5. The Bertz CT molecular complexity index is 2580. The van der Waals surface area contributed by atoms with E-state index in [4.69, 9.17) is 0 Å². The van der Waals surface area contributed by atoms with E-state index < -0.39 is 0 Å². The molecular weight excluding hydrogens is 540 g/mol. The Hall–Kier alpha value is -6.68. The van der Waals surface area contributed by atoms with Crippen LogP contribution in [-0.2, 0) is 0 Å². The lowest BCUT2D eigenvalue weighted by molar-refractivity contribution is 1.09. The highest BCUT2D eigenvalue weighted by molar-refractivity contribution is 6.12. The van der Waals surface area contributed by atoms with Gasteiger partial charge in [-0.3, -0.25) is 4.98 Å². The van der Waals surface area contributed by atoms with Gasteiger partial charge in [0.25, 0.3) is 0 Å². The Morgan fingerprint density at radius 3 is 1.50 bits per heavy atom. The van der Waals surface area contributed by atoms with Crippen molar-refractivity contribution >= 4 is 43.6 Å². The second-order valence-electron chi connectivity index (χ2n) is 10.6. The van der Waals surface area contributed by atoms with Crippen molar-refractivity contribution < 1.29 is 0 Å². The molecule has 0 bridgehead atoms. The molecule has 5 aromatic carbocycles. The van der Waals surface area contributed by atoms with E-state index in [1.807, 2.05) is 78.9 Å². The molecule has 0 unspecified atom stereocenters. The summed E-state index contributed by atoms with van der Waals surface area (Å²) in [6.45, 7) is 0. The van der Waals surface area contributed by atoms with Crippen LogP contribution in [0.15, 0.2) is 122 Å². The Morgan fingerprint density at radius 1 is 0.477 bits per heavy atom. The molecule has 0 N–H and O–H groups in total. The summed E-state index contributed by atoms with van der Waals surface area (Å²) < 4.78 is 4.40. The van der Waals surface area contributed by atoms with Gasteiger partial charge in [-0.1, -0.05) is 36.4 Å². The fraction of sp³-hybridized carbons (Fsp3) is 0. The lowest BCUT2D eigenvalue weighted by atomic mass is 9.99. The van der Waals surface area contributed by atoms with Crippen molar-refractivity contribution in [2.45, 2.75) is 0 Å². The number of rotatable bonds is 3. The minimum absolute atomic E-state index is 0.530. The van der Waals surface area contributed by atoms with E-state index in [-0.39, 0.29) is 0 Å². The zero-order valence-electron chi connectivity index (χ0n) is 23.2. The number of fused-ring (bicyclic) bond motifs is 6. The number of nitriles is 3. The maximum Gasteiger partial charge on any atom is 0.0998 e. The first-order valence-corrected chi connectivity index (χ1v) is 14.1. The Morgan fingerprint density at radius 2 is 0.977 bits per heavy atom. The normalized spacial score (nSPS) is 11.1. The van der Waals surface area contributed by atoms with Crippen molar-refractivity contribution in [2.75, 3.05) is 0 Å². The van der Waals surface area contributed by atoms with Gasteiger partial charge in [-0.25, -0.2) is 0 Å². The monoisotopic (exact) mass is 560 g/mol. The van der Waals surface area contributed by atoms with Gasteiger partial charge in [-0.2, -0.15) is 15.8 Å². The van der Waals surface area contributed by atoms with E-state index in [9.17, 15) is 15.8 Å². The Balaban J connectivity index is 1.58. The number of para-hydroxylation sites is 2. The molecule has 0 amide bonds. The predicted molar refractivity (Wildman–Crippen MR) is 172 cm³/mol. The summed E-state index contributed by atoms with van der Waals surface area (Å²) in [7, 11) is 0. The van der Waals surface area contributed by atoms with Gasteiger partial charge in [0.1, 0.15) is 0 Å². The molecule has 44 heavy (non-hydrogen) atoms. The number of hydrogen-bond donors (Lipinski definition) is 0. The summed E-state index contributed by atoms with van der Waals surface area (Å²) in [5.41, 5.74) is 8.91. The number of pyridine rings is 1. The highest BCUT2D eigenvalue weighted by atomic mass is 15.1. The van der Waals surface area contributed by atoms with Crippen molar-refractivity contribution in [2.24, 2.45) is 0 Å². The van der Waals surface area contributed by atoms with Gasteiger partial charge < -0.3 is 9.13 Å². The smallest absolute Gasteiger partial charge is 0.0998 e. The van der Waals surface area contributed by atoms with Crippen molar-refractivity contribution in [3.63, 3.8) is 0 Å². The summed E-state index contributed by atoms with van der Waals surface area (Å²) in [6, 6.07) is 42.7. The molecule has 3 aromatic heterocycles.